The molecule has 5 heteroatoms. The number of aromatic nitrogens is 1. The number of aryl methyl sites for hydroxylation is 2. The highest BCUT2D eigenvalue weighted by atomic mass is 16.5. The fraction of sp³-hybridized carbons (Fsp3) is 0.182. The number of para-hydroxylation sites is 1. The van der Waals surface area contributed by atoms with Crippen LogP contribution in [0.15, 0.2) is 48.4 Å². The predicted molar refractivity (Wildman–Crippen MR) is 103 cm³/mol. The number of nitrogens with zero attached hydrogens (tertiary/aromatic N) is 1. The molecule has 2 heterocycles. The largest absolute Gasteiger partial charge is 0.452 e. The number of rotatable bonds is 3. The van der Waals surface area contributed by atoms with Gasteiger partial charge in [-0.3, -0.25) is 9.59 Å². The number of fused-ring (bicyclic) bond motifs is 2. The van der Waals surface area contributed by atoms with Crippen molar-refractivity contribution in [1.82, 2.24) is 4.57 Å². The maximum absolute atomic E-state index is 12.8. The van der Waals surface area contributed by atoms with Crippen molar-refractivity contribution in [3.63, 3.8) is 0 Å². The first-order valence-corrected chi connectivity index (χ1v) is 8.81. The van der Waals surface area contributed by atoms with Crippen LogP contribution in [0.5, 0.6) is 11.5 Å². The second-order valence-electron chi connectivity index (χ2n) is 6.59. The van der Waals surface area contributed by atoms with Gasteiger partial charge in [-0.15, -0.1) is 0 Å². The Balaban J connectivity index is 1.73. The minimum atomic E-state index is -0.329. The maximum atomic E-state index is 12.8. The Morgan fingerprint density at radius 2 is 2.04 bits per heavy atom. The number of ketones is 1. The third-order valence-corrected chi connectivity index (χ3v) is 4.68. The first kappa shape index (κ1) is 17.1. The lowest BCUT2D eigenvalue weighted by atomic mass is 10.0. The summed E-state index contributed by atoms with van der Waals surface area (Å²) in [5.74, 6) is 0.583. The number of allylic oxidation sites excluding steroid dienone is 1. The monoisotopic (exact) mass is 361 g/mol. The molecule has 0 N–H and O–H groups in total. The minimum absolute atomic E-state index is 0.163. The van der Waals surface area contributed by atoms with E-state index in [2.05, 4.69) is 0 Å². The number of ether oxygens (including phenoxy) is 2. The molecule has 0 radical (unpaired) electrons. The van der Waals surface area contributed by atoms with Crippen molar-refractivity contribution in [2.75, 3.05) is 0 Å². The van der Waals surface area contributed by atoms with E-state index in [1.807, 2.05) is 49.0 Å². The highest BCUT2D eigenvalue weighted by Gasteiger charge is 2.30. The average molecular weight is 361 g/mol. The number of hydrogen-bond acceptors (Lipinski definition) is 4. The van der Waals surface area contributed by atoms with E-state index in [-0.39, 0.29) is 23.9 Å². The van der Waals surface area contributed by atoms with Gasteiger partial charge in [-0.25, -0.2) is 0 Å². The van der Waals surface area contributed by atoms with Gasteiger partial charge in [-0.1, -0.05) is 25.1 Å². The molecule has 0 spiro atoms. The summed E-state index contributed by atoms with van der Waals surface area (Å²) >= 11 is 0. The summed E-state index contributed by atoms with van der Waals surface area (Å²) in [6, 6.07) is 11.3. The summed E-state index contributed by atoms with van der Waals surface area (Å²) in [5, 5.41) is 1.05. The number of esters is 1. The summed E-state index contributed by atoms with van der Waals surface area (Å²) < 4.78 is 13.1. The van der Waals surface area contributed by atoms with Gasteiger partial charge >= 0.3 is 5.97 Å². The van der Waals surface area contributed by atoms with Crippen molar-refractivity contribution in [3.05, 3.63) is 65.0 Å². The average Bonchev–Trinajstić information content (AvgIpc) is 3.13. The van der Waals surface area contributed by atoms with E-state index >= 15 is 0 Å². The molecule has 0 saturated carbocycles. The summed E-state index contributed by atoms with van der Waals surface area (Å²) in [4.78, 5) is 24.4. The van der Waals surface area contributed by atoms with Crippen molar-refractivity contribution in [3.8, 4) is 11.5 Å². The van der Waals surface area contributed by atoms with E-state index in [1.165, 1.54) is 0 Å². The van der Waals surface area contributed by atoms with E-state index < -0.39 is 0 Å². The van der Waals surface area contributed by atoms with Gasteiger partial charge in [0.1, 0.15) is 11.5 Å². The van der Waals surface area contributed by atoms with Crippen LogP contribution in [0.4, 0.5) is 0 Å². The molecule has 1 aromatic heterocycles. The smallest absolute Gasteiger partial charge is 0.310 e. The van der Waals surface area contributed by atoms with Crippen LogP contribution >= 0.6 is 0 Å². The van der Waals surface area contributed by atoms with Gasteiger partial charge in [0.15, 0.2) is 5.76 Å². The van der Waals surface area contributed by atoms with Crippen LogP contribution in [-0.2, 0) is 11.8 Å². The van der Waals surface area contributed by atoms with Crippen LogP contribution in [0, 0.1) is 6.92 Å². The molecule has 0 unspecified atom stereocenters. The number of carbonyl (C=O) groups excluding carboxylic acids is 2. The molecular formula is C22H19NO4. The van der Waals surface area contributed by atoms with E-state index in [9.17, 15) is 9.59 Å². The molecule has 1 aliphatic heterocycles. The quantitative estimate of drug-likeness (QED) is 0.394. The molecule has 0 bridgehead atoms. The summed E-state index contributed by atoms with van der Waals surface area (Å²) in [7, 11) is 1.97. The third-order valence-electron chi connectivity index (χ3n) is 4.68. The van der Waals surface area contributed by atoms with Gasteiger partial charge < -0.3 is 14.0 Å². The van der Waals surface area contributed by atoms with Gasteiger partial charge in [-0.05, 0) is 30.7 Å². The van der Waals surface area contributed by atoms with Crippen LogP contribution in [0.1, 0.15) is 34.8 Å². The Hall–Kier alpha value is -3.34. The molecule has 0 saturated heterocycles. The maximum Gasteiger partial charge on any atom is 0.310 e. The van der Waals surface area contributed by atoms with E-state index in [0.29, 0.717) is 17.1 Å². The molecule has 0 fully saturated rings. The molecule has 5 nitrogen and oxygen atoms in total. The number of hydrogen-bond donors (Lipinski definition) is 0. The Labute approximate surface area is 156 Å². The molecule has 1 aliphatic rings. The van der Waals surface area contributed by atoms with E-state index in [0.717, 1.165) is 22.0 Å². The molecule has 0 aliphatic carbocycles. The fourth-order valence-electron chi connectivity index (χ4n) is 3.37. The number of benzene rings is 2. The van der Waals surface area contributed by atoms with Crippen LogP contribution in [-0.4, -0.2) is 16.3 Å². The predicted octanol–water partition coefficient (Wildman–Crippen LogP) is 4.42. The van der Waals surface area contributed by atoms with Gasteiger partial charge in [0, 0.05) is 42.2 Å². The van der Waals surface area contributed by atoms with E-state index in [4.69, 9.17) is 9.47 Å². The lowest BCUT2D eigenvalue weighted by Gasteiger charge is -2.06. The van der Waals surface area contributed by atoms with Gasteiger partial charge in [0.05, 0.1) is 5.56 Å². The van der Waals surface area contributed by atoms with Gasteiger partial charge in [-0.2, -0.15) is 0 Å². The second kappa shape index (κ2) is 6.43. The summed E-state index contributed by atoms with van der Waals surface area (Å²) in [6.07, 6.45) is 4.02. The van der Waals surface area contributed by atoms with Gasteiger partial charge in [0.2, 0.25) is 5.78 Å². The number of Topliss-reactive ketones (excluding diaryl/α,β-unsaturated/α-hetero) is 1. The van der Waals surface area contributed by atoms with Crippen LogP contribution < -0.4 is 9.47 Å². The Morgan fingerprint density at radius 1 is 1.26 bits per heavy atom. The zero-order valence-corrected chi connectivity index (χ0v) is 15.4. The molecule has 0 amide bonds. The topological polar surface area (TPSA) is 57.5 Å². The van der Waals surface area contributed by atoms with Crippen LogP contribution in [0.25, 0.3) is 17.0 Å². The SMILES string of the molecule is CCC(=O)Oc1cc(C)c2c(c1)O/C(=C\c1cn(C)c3ccccc13)C2=O. The van der Waals surface area contributed by atoms with Gasteiger partial charge in [0.25, 0.3) is 0 Å². The highest BCUT2D eigenvalue weighted by Crippen LogP contribution is 2.38. The second-order valence-corrected chi connectivity index (χ2v) is 6.59. The molecule has 2 aromatic carbocycles. The highest BCUT2D eigenvalue weighted by molar-refractivity contribution is 6.16. The molecule has 136 valence electrons. The normalized spacial score (nSPS) is 14.5. The molecule has 4 rings (SSSR count). The first-order valence-electron chi connectivity index (χ1n) is 8.81. The Morgan fingerprint density at radius 3 is 2.81 bits per heavy atom. The van der Waals surface area contributed by atoms with Crippen LogP contribution in [0.3, 0.4) is 0 Å². The zero-order chi connectivity index (χ0) is 19.1. The summed E-state index contributed by atoms with van der Waals surface area (Å²) in [5.41, 5.74) is 3.23. The first-order chi connectivity index (χ1) is 13.0. The fourth-order valence-corrected chi connectivity index (χ4v) is 3.37. The molecule has 0 atom stereocenters. The Kier molecular flexibility index (Phi) is 4.07. The van der Waals surface area contributed by atoms with Crippen molar-refractivity contribution in [2.24, 2.45) is 7.05 Å². The minimum Gasteiger partial charge on any atom is -0.452 e. The van der Waals surface area contributed by atoms with Crippen molar-refractivity contribution in [1.29, 1.82) is 0 Å². The van der Waals surface area contributed by atoms with Crippen LogP contribution in [0.2, 0.25) is 0 Å². The summed E-state index contributed by atoms with van der Waals surface area (Å²) in [6.45, 7) is 3.54. The number of carbonyl (C=O) groups is 2. The van der Waals surface area contributed by atoms with Crippen molar-refractivity contribution in [2.45, 2.75) is 20.3 Å². The molecule has 3 aromatic rings. The third kappa shape index (κ3) is 2.91. The van der Waals surface area contributed by atoms with E-state index in [1.54, 1.807) is 25.1 Å². The lowest BCUT2D eigenvalue weighted by Crippen LogP contribution is -2.06. The molecule has 27 heavy (non-hydrogen) atoms. The van der Waals surface area contributed by atoms with Crippen molar-refractivity contribution >= 4 is 28.7 Å². The Bertz CT molecular complexity index is 1120. The van der Waals surface area contributed by atoms with Crippen molar-refractivity contribution < 1.29 is 19.1 Å². The lowest BCUT2D eigenvalue weighted by molar-refractivity contribution is -0.134. The standard InChI is InChI=1S/C22H19NO4/c1-4-20(24)26-15-9-13(2)21-18(11-15)27-19(22(21)25)10-14-12-23(3)17-8-6-5-7-16(14)17/h5-12H,4H2,1-3H3/b19-10-. The molecular weight excluding hydrogens is 342 g/mol. The zero-order valence-electron chi connectivity index (χ0n) is 15.4.